The average Bonchev–Trinajstić information content (AvgIpc) is 2.13. The van der Waals surface area contributed by atoms with Crippen LogP contribution in [0.15, 0.2) is 0 Å². The second-order valence-corrected chi connectivity index (χ2v) is 49.0. The fourth-order valence-electron chi connectivity index (χ4n) is 5.12. The standard InChI is InChI=1S/C18H54N3Si7/c1-23(2,3)19(24(4,5)6)22(20(25(7,8)9)26(10,11)12)21(27(13,14)15)28(16,17)18/h1-18H3. The molecule has 0 rings (SSSR count). The predicted molar refractivity (Wildman–Crippen MR) is 151 cm³/mol. The van der Waals surface area contributed by atoms with Crippen molar-refractivity contribution in [1.82, 2.24) is 11.7 Å². The fourth-order valence-corrected chi connectivity index (χ4v) is 51.5. The van der Waals surface area contributed by atoms with Crippen molar-refractivity contribution in [1.29, 1.82) is 0 Å². The van der Waals surface area contributed by atoms with Crippen LogP contribution < -0.4 is 0 Å². The van der Waals surface area contributed by atoms with E-state index < -0.39 is 58.7 Å². The molecule has 0 spiro atoms. The summed E-state index contributed by atoms with van der Waals surface area (Å²) in [6, 6.07) is 0. The van der Waals surface area contributed by atoms with E-state index in [-0.39, 0.29) is 0 Å². The third-order valence-corrected chi connectivity index (χ3v) is 41.6. The van der Waals surface area contributed by atoms with E-state index in [2.05, 4.69) is 130 Å². The van der Waals surface area contributed by atoms with E-state index in [1.807, 2.05) is 0 Å². The maximum Gasteiger partial charge on any atom is 0.284 e. The van der Waals surface area contributed by atoms with Crippen LogP contribution in [0, 0.1) is 0 Å². The lowest BCUT2D eigenvalue weighted by Crippen LogP contribution is -2.86. The van der Waals surface area contributed by atoms with Crippen molar-refractivity contribution in [2.24, 2.45) is 0 Å². The van der Waals surface area contributed by atoms with Gasteiger partial charge in [-0.2, -0.15) is 0 Å². The van der Waals surface area contributed by atoms with Gasteiger partial charge in [0.15, 0.2) is 0 Å². The Bertz CT molecular complexity index is 396. The normalized spacial score (nSPS) is 16.1. The van der Waals surface area contributed by atoms with Crippen molar-refractivity contribution in [3.8, 4) is 0 Å². The van der Waals surface area contributed by atoms with Crippen LogP contribution in [-0.2, 0) is 0 Å². The van der Waals surface area contributed by atoms with Crippen molar-refractivity contribution >= 4 is 58.7 Å². The third-order valence-electron chi connectivity index (χ3n) is 4.62. The summed E-state index contributed by atoms with van der Waals surface area (Å²) in [6.07, 6.45) is 0. The molecule has 0 amide bonds. The molecule has 0 N–H and O–H groups in total. The molecule has 0 heterocycles. The van der Waals surface area contributed by atoms with Gasteiger partial charge >= 0.3 is 0 Å². The van der Waals surface area contributed by atoms with Crippen LogP contribution in [-0.4, -0.2) is 70.4 Å². The highest BCUT2D eigenvalue weighted by Gasteiger charge is 2.56. The Morgan fingerprint density at radius 2 is 0.393 bits per heavy atom. The summed E-state index contributed by atoms with van der Waals surface area (Å²) in [6.45, 7) is 47.2. The van der Waals surface area contributed by atoms with Crippen LogP contribution in [0.25, 0.3) is 0 Å². The lowest BCUT2D eigenvalue weighted by atomic mass is 11.8. The molecule has 169 valence electrons. The summed E-state index contributed by atoms with van der Waals surface area (Å²) < 4.78 is 9.74. The maximum atomic E-state index is 3.25. The molecule has 28 heavy (non-hydrogen) atoms. The molecule has 0 bridgehead atoms. The minimum absolute atomic E-state index is 0.934. The summed E-state index contributed by atoms with van der Waals surface area (Å²) in [4.78, 5) is 0. The molecule has 0 unspecified atom stereocenters. The predicted octanol–water partition coefficient (Wildman–Crippen LogP) is 6.89. The van der Waals surface area contributed by atoms with Crippen LogP contribution in [0.5, 0.6) is 0 Å². The number of nitrogens with zero attached hydrogens (tertiary/aromatic N) is 3. The van der Waals surface area contributed by atoms with Gasteiger partial charge in [0.2, 0.25) is 0 Å². The molecule has 0 aromatic rings. The molecule has 0 saturated carbocycles. The second-order valence-electron chi connectivity index (χ2n) is 14.3. The molecule has 0 saturated heterocycles. The highest BCUT2D eigenvalue weighted by atomic mass is 28.5. The van der Waals surface area contributed by atoms with Gasteiger partial charge in [0.1, 0.15) is 49.4 Å². The first-order valence-electron chi connectivity index (χ1n) is 11.0. The molecule has 0 aliphatic heterocycles. The molecular formula is C18H54N3Si7. The monoisotopic (exact) mass is 508 g/mol. The quantitative estimate of drug-likeness (QED) is 0.314. The van der Waals surface area contributed by atoms with Gasteiger partial charge in [-0.1, -0.05) is 118 Å². The van der Waals surface area contributed by atoms with Crippen LogP contribution >= 0.6 is 0 Å². The molecule has 0 atom stereocenters. The van der Waals surface area contributed by atoms with E-state index in [0.717, 1.165) is 0 Å². The first-order valence-corrected chi connectivity index (χ1v) is 33.0. The van der Waals surface area contributed by atoms with Gasteiger partial charge in [0, 0.05) is 0 Å². The molecular weight excluding hydrogens is 455 g/mol. The zero-order valence-corrected chi connectivity index (χ0v) is 29.8. The summed E-state index contributed by atoms with van der Waals surface area (Å²) in [5, 5.41) is 0. The van der Waals surface area contributed by atoms with E-state index in [9.17, 15) is 0 Å². The largest absolute Gasteiger partial charge is 0.344 e. The van der Waals surface area contributed by atoms with E-state index in [0.29, 0.717) is 0 Å². The molecule has 0 aliphatic carbocycles. The van der Waals surface area contributed by atoms with Crippen LogP contribution in [0.2, 0.25) is 118 Å². The second kappa shape index (κ2) is 8.74. The molecule has 3 nitrogen and oxygen atoms in total. The highest BCUT2D eigenvalue weighted by Crippen LogP contribution is 2.35. The van der Waals surface area contributed by atoms with E-state index >= 15 is 0 Å². The van der Waals surface area contributed by atoms with E-state index in [4.69, 9.17) is 0 Å². The summed E-state index contributed by atoms with van der Waals surface area (Å²) in [5.74, 6) is 0. The lowest BCUT2D eigenvalue weighted by molar-refractivity contribution is 0.690. The van der Waals surface area contributed by atoms with Gasteiger partial charge < -0.3 is 11.7 Å². The van der Waals surface area contributed by atoms with Gasteiger partial charge in [0.25, 0.3) is 9.28 Å². The van der Waals surface area contributed by atoms with Crippen molar-refractivity contribution in [2.75, 3.05) is 0 Å². The topological polar surface area (TPSA) is 9.72 Å². The van der Waals surface area contributed by atoms with Gasteiger partial charge in [-0.25, -0.2) is 0 Å². The zero-order valence-electron chi connectivity index (χ0n) is 22.8. The van der Waals surface area contributed by atoms with Crippen molar-refractivity contribution in [3.05, 3.63) is 0 Å². The van der Waals surface area contributed by atoms with E-state index in [1.165, 1.54) is 0 Å². The molecule has 10 heteroatoms. The zero-order chi connectivity index (χ0) is 23.3. The maximum absolute atomic E-state index is 3.25. The molecule has 1 radical (unpaired) electrons. The number of hydrogen-bond acceptors (Lipinski definition) is 3. The Labute approximate surface area is 187 Å². The Balaban J connectivity index is 7.30. The number of hydrogen-bond donors (Lipinski definition) is 0. The van der Waals surface area contributed by atoms with E-state index in [1.54, 1.807) is 0 Å². The van der Waals surface area contributed by atoms with Gasteiger partial charge in [-0.05, 0) is 0 Å². The highest BCUT2D eigenvalue weighted by molar-refractivity contribution is 7.11. The minimum Gasteiger partial charge on any atom is -0.344 e. The van der Waals surface area contributed by atoms with Gasteiger partial charge in [-0.3, -0.25) is 0 Å². The first-order chi connectivity index (χ1) is 11.7. The van der Waals surface area contributed by atoms with Crippen LogP contribution in [0.1, 0.15) is 0 Å². The van der Waals surface area contributed by atoms with Crippen molar-refractivity contribution in [2.45, 2.75) is 118 Å². The summed E-state index contributed by atoms with van der Waals surface area (Å²) in [7, 11) is -9.81. The molecule has 0 fully saturated rings. The van der Waals surface area contributed by atoms with Crippen LogP contribution in [0.3, 0.4) is 0 Å². The third kappa shape index (κ3) is 7.82. The Hall–Kier alpha value is 1.40. The smallest absolute Gasteiger partial charge is 0.284 e. The minimum atomic E-state index is -1.48. The van der Waals surface area contributed by atoms with Crippen molar-refractivity contribution in [3.63, 3.8) is 0 Å². The summed E-state index contributed by atoms with van der Waals surface area (Å²) in [5.41, 5.74) is 0. The summed E-state index contributed by atoms with van der Waals surface area (Å²) >= 11 is 0. The fraction of sp³-hybridized carbons (Fsp3) is 1.00. The van der Waals surface area contributed by atoms with Crippen LogP contribution in [0.4, 0.5) is 0 Å². The van der Waals surface area contributed by atoms with Gasteiger partial charge in [-0.15, -0.1) is 0 Å². The Morgan fingerprint density at radius 1 is 0.286 bits per heavy atom. The Morgan fingerprint density at radius 3 is 0.464 bits per heavy atom. The molecule has 0 aliphatic rings. The SMILES string of the molecule is C[Si](C)(C)N([Si](N([Si](C)(C)C)[Si](C)(C)C)N([Si](C)(C)C)[Si](C)(C)C)[Si](C)(C)C. The molecule has 0 aromatic carbocycles. The first kappa shape index (κ1) is 29.4. The lowest BCUT2D eigenvalue weighted by Gasteiger charge is -2.63. The molecule has 0 aromatic heterocycles. The number of rotatable bonds is 9. The Kier molecular flexibility index (Phi) is 9.17. The van der Waals surface area contributed by atoms with Gasteiger partial charge in [0.05, 0.1) is 0 Å². The van der Waals surface area contributed by atoms with Crippen molar-refractivity contribution < 1.29 is 0 Å². The average molecular weight is 509 g/mol.